The van der Waals surface area contributed by atoms with Crippen LogP contribution in [0.1, 0.15) is 24.1 Å². The number of rotatable bonds is 1. The third kappa shape index (κ3) is 1.46. The maximum atomic E-state index is 13.6. The van der Waals surface area contributed by atoms with Gasteiger partial charge in [-0.1, -0.05) is 24.3 Å². The SMILES string of the molecule is C=C(C)C1NCCc2cccc(F)c21. The maximum Gasteiger partial charge on any atom is 0.128 e. The van der Waals surface area contributed by atoms with Crippen molar-refractivity contribution in [2.24, 2.45) is 0 Å². The first-order valence-electron chi connectivity index (χ1n) is 4.86. The Morgan fingerprint density at radius 2 is 2.36 bits per heavy atom. The molecule has 2 heteroatoms. The lowest BCUT2D eigenvalue weighted by Crippen LogP contribution is -2.31. The molecule has 1 aromatic carbocycles. The van der Waals surface area contributed by atoms with E-state index in [2.05, 4.69) is 11.9 Å². The second-order valence-electron chi connectivity index (χ2n) is 3.80. The van der Waals surface area contributed by atoms with Gasteiger partial charge in [-0.15, -0.1) is 0 Å². The summed E-state index contributed by atoms with van der Waals surface area (Å²) in [4.78, 5) is 0. The van der Waals surface area contributed by atoms with Crippen molar-refractivity contribution in [2.75, 3.05) is 6.54 Å². The zero-order valence-corrected chi connectivity index (χ0v) is 8.31. The number of halogens is 1. The summed E-state index contributed by atoms with van der Waals surface area (Å²) >= 11 is 0. The summed E-state index contributed by atoms with van der Waals surface area (Å²) in [5.74, 6) is -0.122. The highest BCUT2D eigenvalue weighted by Gasteiger charge is 2.22. The number of hydrogen-bond donors (Lipinski definition) is 1. The largest absolute Gasteiger partial charge is 0.306 e. The van der Waals surface area contributed by atoms with Gasteiger partial charge in [0.1, 0.15) is 5.82 Å². The Kier molecular flexibility index (Phi) is 2.38. The Labute approximate surface area is 83.6 Å². The molecule has 0 radical (unpaired) electrons. The van der Waals surface area contributed by atoms with Crippen LogP contribution in [0.15, 0.2) is 30.4 Å². The fourth-order valence-corrected chi connectivity index (χ4v) is 2.00. The molecule has 1 nitrogen and oxygen atoms in total. The number of hydrogen-bond acceptors (Lipinski definition) is 1. The number of fused-ring (bicyclic) bond motifs is 1. The quantitative estimate of drug-likeness (QED) is 0.673. The van der Waals surface area contributed by atoms with Crippen LogP contribution in [0.4, 0.5) is 4.39 Å². The summed E-state index contributed by atoms with van der Waals surface area (Å²) in [6.07, 6.45) is 0.900. The van der Waals surface area contributed by atoms with Crippen molar-refractivity contribution in [1.82, 2.24) is 5.32 Å². The van der Waals surface area contributed by atoms with Crippen LogP contribution < -0.4 is 5.32 Å². The van der Waals surface area contributed by atoms with E-state index in [1.54, 1.807) is 6.07 Å². The summed E-state index contributed by atoms with van der Waals surface area (Å²) in [6, 6.07) is 5.27. The van der Waals surface area contributed by atoms with Crippen molar-refractivity contribution in [3.8, 4) is 0 Å². The normalized spacial score (nSPS) is 20.3. The summed E-state index contributed by atoms with van der Waals surface area (Å²) in [5, 5.41) is 3.28. The third-order valence-corrected chi connectivity index (χ3v) is 2.67. The van der Waals surface area contributed by atoms with Crippen molar-refractivity contribution < 1.29 is 4.39 Å². The van der Waals surface area contributed by atoms with E-state index in [9.17, 15) is 4.39 Å². The average molecular weight is 191 g/mol. The van der Waals surface area contributed by atoms with Crippen LogP contribution in [0.25, 0.3) is 0 Å². The van der Waals surface area contributed by atoms with Crippen molar-refractivity contribution in [3.05, 3.63) is 47.3 Å². The van der Waals surface area contributed by atoms with E-state index >= 15 is 0 Å². The van der Waals surface area contributed by atoms with E-state index < -0.39 is 0 Å². The van der Waals surface area contributed by atoms with Gasteiger partial charge in [-0.05, 0) is 25.0 Å². The minimum Gasteiger partial charge on any atom is -0.306 e. The molecular weight excluding hydrogens is 177 g/mol. The van der Waals surface area contributed by atoms with E-state index in [0.29, 0.717) is 0 Å². The van der Waals surface area contributed by atoms with Crippen molar-refractivity contribution >= 4 is 0 Å². The van der Waals surface area contributed by atoms with Gasteiger partial charge in [-0.3, -0.25) is 0 Å². The van der Waals surface area contributed by atoms with E-state index in [1.807, 2.05) is 13.0 Å². The van der Waals surface area contributed by atoms with Crippen LogP contribution in [0.2, 0.25) is 0 Å². The summed E-state index contributed by atoms with van der Waals surface area (Å²) in [5.41, 5.74) is 2.86. The van der Waals surface area contributed by atoms with E-state index in [1.165, 1.54) is 6.07 Å². The van der Waals surface area contributed by atoms with Gasteiger partial charge < -0.3 is 5.32 Å². The molecule has 0 amide bonds. The smallest absolute Gasteiger partial charge is 0.128 e. The molecule has 74 valence electrons. The topological polar surface area (TPSA) is 12.0 Å². The predicted octanol–water partition coefficient (Wildman–Crippen LogP) is 2.59. The lowest BCUT2D eigenvalue weighted by Gasteiger charge is -2.27. The van der Waals surface area contributed by atoms with Crippen molar-refractivity contribution in [1.29, 1.82) is 0 Å². The molecule has 0 bridgehead atoms. The Hall–Kier alpha value is -1.15. The highest BCUT2D eigenvalue weighted by atomic mass is 19.1. The van der Waals surface area contributed by atoms with Gasteiger partial charge in [0.25, 0.3) is 0 Å². The molecule has 1 heterocycles. The monoisotopic (exact) mass is 191 g/mol. The molecule has 0 aliphatic carbocycles. The van der Waals surface area contributed by atoms with Crippen LogP contribution in [0, 0.1) is 5.82 Å². The Balaban J connectivity index is 2.52. The number of benzene rings is 1. The van der Waals surface area contributed by atoms with Crippen LogP contribution >= 0.6 is 0 Å². The molecule has 0 spiro atoms. The van der Waals surface area contributed by atoms with Gasteiger partial charge in [-0.25, -0.2) is 4.39 Å². The Morgan fingerprint density at radius 1 is 1.57 bits per heavy atom. The van der Waals surface area contributed by atoms with Gasteiger partial charge in [0.15, 0.2) is 0 Å². The minimum absolute atomic E-state index is 0.0139. The highest BCUT2D eigenvalue weighted by Crippen LogP contribution is 2.29. The second kappa shape index (κ2) is 3.54. The summed E-state index contributed by atoms with van der Waals surface area (Å²) < 4.78 is 13.6. The third-order valence-electron chi connectivity index (χ3n) is 2.67. The Bertz CT molecular complexity index is 371. The summed E-state index contributed by atoms with van der Waals surface area (Å²) in [7, 11) is 0. The average Bonchev–Trinajstić information content (AvgIpc) is 2.17. The molecule has 14 heavy (non-hydrogen) atoms. The molecule has 0 aromatic heterocycles. The molecule has 1 aliphatic heterocycles. The standard InChI is InChI=1S/C12H14FN/c1-8(2)12-11-9(6-7-14-12)4-3-5-10(11)13/h3-5,12,14H,1,6-7H2,2H3. The van der Waals surface area contributed by atoms with Crippen LogP contribution in [-0.4, -0.2) is 6.54 Å². The van der Waals surface area contributed by atoms with Crippen molar-refractivity contribution in [2.45, 2.75) is 19.4 Å². The molecule has 1 atom stereocenters. The van der Waals surface area contributed by atoms with E-state index in [-0.39, 0.29) is 11.9 Å². The van der Waals surface area contributed by atoms with Gasteiger partial charge in [-0.2, -0.15) is 0 Å². The zero-order valence-electron chi connectivity index (χ0n) is 8.31. The predicted molar refractivity (Wildman–Crippen MR) is 55.7 cm³/mol. The summed E-state index contributed by atoms with van der Waals surface area (Å²) in [6.45, 7) is 6.72. The molecule has 0 saturated carbocycles. The molecule has 1 aromatic rings. The minimum atomic E-state index is -0.122. The highest BCUT2D eigenvalue weighted by molar-refractivity contribution is 5.37. The van der Waals surface area contributed by atoms with Crippen LogP contribution in [0.3, 0.4) is 0 Å². The fourth-order valence-electron chi connectivity index (χ4n) is 2.00. The van der Waals surface area contributed by atoms with Gasteiger partial charge in [0.2, 0.25) is 0 Å². The lowest BCUT2D eigenvalue weighted by atomic mass is 9.90. The first kappa shape index (κ1) is 9.41. The van der Waals surface area contributed by atoms with E-state index in [0.717, 1.165) is 29.7 Å². The molecule has 2 rings (SSSR count). The lowest BCUT2D eigenvalue weighted by molar-refractivity contribution is 0.514. The first-order chi connectivity index (χ1) is 6.70. The number of nitrogens with one attached hydrogen (secondary N) is 1. The molecular formula is C12H14FN. The fraction of sp³-hybridized carbons (Fsp3) is 0.333. The molecule has 0 fully saturated rings. The molecule has 1 unspecified atom stereocenters. The van der Waals surface area contributed by atoms with E-state index in [4.69, 9.17) is 0 Å². The zero-order chi connectivity index (χ0) is 10.1. The van der Waals surface area contributed by atoms with Gasteiger partial charge >= 0.3 is 0 Å². The van der Waals surface area contributed by atoms with Crippen LogP contribution in [-0.2, 0) is 6.42 Å². The Morgan fingerprint density at radius 3 is 3.07 bits per heavy atom. The molecule has 1 N–H and O–H groups in total. The van der Waals surface area contributed by atoms with Gasteiger partial charge in [0, 0.05) is 12.1 Å². The second-order valence-corrected chi connectivity index (χ2v) is 3.80. The van der Waals surface area contributed by atoms with Gasteiger partial charge in [0.05, 0.1) is 6.04 Å². The van der Waals surface area contributed by atoms with Crippen molar-refractivity contribution in [3.63, 3.8) is 0 Å². The first-order valence-corrected chi connectivity index (χ1v) is 4.86. The van der Waals surface area contributed by atoms with Crippen LogP contribution in [0.5, 0.6) is 0 Å². The molecule has 1 aliphatic rings. The maximum absolute atomic E-state index is 13.6. The molecule has 0 saturated heterocycles.